The van der Waals surface area contributed by atoms with E-state index in [1.165, 1.54) is 5.56 Å². The molecule has 2 aromatic rings. The van der Waals surface area contributed by atoms with Crippen LogP contribution in [-0.4, -0.2) is 24.2 Å². The molecular formula is C17H16N2O2. The van der Waals surface area contributed by atoms with Crippen molar-refractivity contribution in [3.05, 3.63) is 53.9 Å². The van der Waals surface area contributed by atoms with E-state index in [0.717, 1.165) is 17.7 Å². The Morgan fingerprint density at radius 3 is 3.10 bits per heavy atom. The fraction of sp³-hybridized carbons (Fsp3) is 0.235. The lowest BCUT2D eigenvalue weighted by Gasteiger charge is -2.12. The maximum atomic E-state index is 5.83. The number of hydrogen-bond acceptors (Lipinski definition) is 4. The quantitative estimate of drug-likeness (QED) is 0.871. The second-order valence-electron chi connectivity index (χ2n) is 4.78. The maximum Gasteiger partial charge on any atom is 0.139 e. The number of nitrogens with two attached hydrogens (primary N) is 1. The Hall–Kier alpha value is -2.51. The van der Waals surface area contributed by atoms with Gasteiger partial charge in [0.2, 0.25) is 0 Å². The molecule has 0 bridgehead atoms. The minimum atomic E-state index is 0.0428. The Morgan fingerprint density at radius 2 is 2.24 bits per heavy atom. The van der Waals surface area contributed by atoms with Gasteiger partial charge in [-0.1, -0.05) is 30.0 Å². The first-order valence-electron chi connectivity index (χ1n) is 6.86. The lowest BCUT2D eigenvalue weighted by atomic mass is 10.1. The fourth-order valence-electron chi connectivity index (χ4n) is 2.26. The molecule has 1 aromatic carbocycles. The van der Waals surface area contributed by atoms with E-state index < -0.39 is 0 Å². The van der Waals surface area contributed by atoms with Crippen molar-refractivity contribution >= 4 is 0 Å². The van der Waals surface area contributed by atoms with E-state index in [-0.39, 0.29) is 6.10 Å². The van der Waals surface area contributed by atoms with Crippen LogP contribution in [-0.2, 0) is 6.42 Å². The zero-order chi connectivity index (χ0) is 14.5. The minimum absolute atomic E-state index is 0.0428. The highest BCUT2D eigenvalue weighted by Crippen LogP contribution is 2.28. The summed E-state index contributed by atoms with van der Waals surface area (Å²) in [7, 11) is 0. The smallest absolute Gasteiger partial charge is 0.139 e. The summed E-state index contributed by atoms with van der Waals surface area (Å²) in [6.45, 7) is 0.823. The van der Waals surface area contributed by atoms with Crippen molar-refractivity contribution in [1.82, 2.24) is 4.98 Å². The van der Waals surface area contributed by atoms with Crippen molar-refractivity contribution in [1.29, 1.82) is 0 Å². The van der Waals surface area contributed by atoms with Gasteiger partial charge in [0.25, 0.3) is 0 Å². The van der Waals surface area contributed by atoms with Crippen molar-refractivity contribution in [2.24, 2.45) is 5.73 Å². The molecule has 0 fully saturated rings. The third-order valence-electron chi connectivity index (χ3n) is 3.20. The van der Waals surface area contributed by atoms with Crippen LogP contribution in [0, 0.1) is 11.8 Å². The molecule has 2 N–H and O–H groups in total. The Morgan fingerprint density at radius 1 is 1.33 bits per heavy atom. The standard InChI is InChI=1S/C17H16N2O2/c18-7-3-4-13-8-15(11-19-10-13)20-12-16-9-14-5-1-2-6-17(14)21-16/h1-2,5-6,8,10-11,16H,7,9,12,18H2. The first-order valence-corrected chi connectivity index (χ1v) is 6.86. The third kappa shape index (κ3) is 3.33. The number of rotatable bonds is 3. The van der Waals surface area contributed by atoms with Crippen LogP contribution in [0.5, 0.6) is 11.5 Å². The minimum Gasteiger partial charge on any atom is -0.488 e. The molecule has 0 saturated carbocycles. The molecule has 4 heteroatoms. The number of pyridine rings is 1. The van der Waals surface area contributed by atoms with Crippen LogP contribution in [0.15, 0.2) is 42.7 Å². The van der Waals surface area contributed by atoms with E-state index in [0.29, 0.717) is 18.9 Å². The third-order valence-corrected chi connectivity index (χ3v) is 3.20. The van der Waals surface area contributed by atoms with Gasteiger partial charge in [-0.15, -0.1) is 0 Å². The summed E-state index contributed by atoms with van der Waals surface area (Å²) in [4.78, 5) is 4.11. The summed E-state index contributed by atoms with van der Waals surface area (Å²) in [5.41, 5.74) is 7.38. The lowest BCUT2D eigenvalue weighted by molar-refractivity contribution is 0.148. The zero-order valence-electron chi connectivity index (χ0n) is 11.6. The van der Waals surface area contributed by atoms with Gasteiger partial charge in [0, 0.05) is 18.2 Å². The molecule has 3 rings (SSSR count). The van der Waals surface area contributed by atoms with Gasteiger partial charge in [-0.2, -0.15) is 0 Å². The van der Waals surface area contributed by atoms with Crippen molar-refractivity contribution in [3.63, 3.8) is 0 Å². The van der Waals surface area contributed by atoms with Gasteiger partial charge < -0.3 is 15.2 Å². The number of ether oxygens (including phenoxy) is 2. The van der Waals surface area contributed by atoms with E-state index in [2.05, 4.69) is 22.9 Å². The van der Waals surface area contributed by atoms with Crippen molar-refractivity contribution in [2.45, 2.75) is 12.5 Å². The molecule has 1 unspecified atom stereocenters. The number of fused-ring (bicyclic) bond motifs is 1. The SMILES string of the molecule is NCC#Cc1cncc(OCC2Cc3ccccc3O2)c1. The highest BCUT2D eigenvalue weighted by molar-refractivity contribution is 5.38. The fourth-order valence-corrected chi connectivity index (χ4v) is 2.26. The molecule has 0 aliphatic carbocycles. The lowest BCUT2D eigenvalue weighted by Crippen LogP contribution is -2.22. The van der Waals surface area contributed by atoms with Crippen molar-refractivity contribution in [2.75, 3.05) is 13.2 Å². The molecule has 0 radical (unpaired) electrons. The summed E-state index contributed by atoms with van der Waals surface area (Å²) < 4.78 is 11.6. The summed E-state index contributed by atoms with van der Waals surface area (Å²) in [6, 6.07) is 9.93. The number of para-hydroxylation sites is 1. The van der Waals surface area contributed by atoms with Gasteiger partial charge in [-0.3, -0.25) is 4.98 Å². The van der Waals surface area contributed by atoms with Crippen molar-refractivity contribution < 1.29 is 9.47 Å². The van der Waals surface area contributed by atoms with E-state index in [4.69, 9.17) is 15.2 Å². The van der Waals surface area contributed by atoms with Gasteiger partial charge in [0.15, 0.2) is 0 Å². The second-order valence-corrected chi connectivity index (χ2v) is 4.78. The largest absolute Gasteiger partial charge is 0.488 e. The van der Waals surface area contributed by atoms with E-state index >= 15 is 0 Å². The topological polar surface area (TPSA) is 57.4 Å². The van der Waals surface area contributed by atoms with Crippen molar-refractivity contribution in [3.8, 4) is 23.3 Å². The molecular weight excluding hydrogens is 264 g/mol. The molecule has 1 atom stereocenters. The number of aromatic nitrogens is 1. The first-order chi connectivity index (χ1) is 10.3. The van der Waals surface area contributed by atoms with Crippen LogP contribution in [0.2, 0.25) is 0 Å². The number of nitrogens with zero attached hydrogens (tertiary/aromatic N) is 1. The molecule has 1 aliphatic rings. The number of benzene rings is 1. The molecule has 4 nitrogen and oxygen atoms in total. The highest BCUT2D eigenvalue weighted by Gasteiger charge is 2.22. The van der Waals surface area contributed by atoms with Gasteiger partial charge in [0.1, 0.15) is 24.2 Å². The van der Waals surface area contributed by atoms with Crippen LogP contribution >= 0.6 is 0 Å². The van der Waals surface area contributed by atoms with E-state index in [1.54, 1.807) is 12.4 Å². The molecule has 106 valence electrons. The Labute approximate surface area is 123 Å². The van der Waals surface area contributed by atoms with Gasteiger partial charge in [0.05, 0.1) is 12.7 Å². The Balaban J connectivity index is 1.59. The molecule has 1 aliphatic heterocycles. The molecule has 0 amide bonds. The van der Waals surface area contributed by atoms with Crippen LogP contribution in [0.25, 0.3) is 0 Å². The van der Waals surface area contributed by atoms with E-state index in [9.17, 15) is 0 Å². The van der Waals surface area contributed by atoms with Crippen LogP contribution in [0.4, 0.5) is 0 Å². The zero-order valence-corrected chi connectivity index (χ0v) is 11.6. The van der Waals surface area contributed by atoms with Crippen LogP contribution < -0.4 is 15.2 Å². The number of hydrogen-bond donors (Lipinski definition) is 1. The Kier molecular flexibility index (Phi) is 4.04. The normalized spacial score (nSPS) is 15.6. The van der Waals surface area contributed by atoms with Gasteiger partial charge in [-0.05, 0) is 17.7 Å². The van der Waals surface area contributed by atoms with Gasteiger partial charge >= 0.3 is 0 Å². The molecule has 1 aromatic heterocycles. The van der Waals surface area contributed by atoms with Crippen LogP contribution in [0.1, 0.15) is 11.1 Å². The average Bonchev–Trinajstić information content (AvgIpc) is 2.94. The predicted octanol–water partition coefficient (Wildman–Crippen LogP) is 1.77. The summed E-state index contributed by atoms with van der Waals surface area (Å²) in [5.74, 6) is 7.38. The Bertz CT molecular complexity index is 663. The first kappa shape index (κ1) is 13.5. The monoisotopic (exact) mass is 280 g/mol. The molecule has 2 heterocycles. The second kappa shape index (κ2) is 6.29. The molecule has 21 heavy (non-hydrogen) atoms. The summed E-state index contributed by atoms with van der Waals surface area (Å²) >= 11 is 0. The molecule has 0 saturated heterocycles. The molecule has 0 spiro atoms. The van der Waals surface area contributed by atoms with Gasteiger partial charge in [-0.25, -0.2) is 0 Å². The predicted molar refractivity (Wildman–Crippen MR) is 80.2 cm³/mol. The summed E-state index contributed by atoms with van der Waals surface area (Å²) in [6.07, 6.45) is 4.28. The average molecular weight is 280 g/mol. The summed E-state index contributed by atoms with van der Waals surface area (Å²) in [5, 5.41) is 0. The van der Waals surface area contributed by atoms with E-state index in [1.807, 2.05) is 24.3 Å². The highest BCUT2D eigenvalue weighted by atomic mass is 16.5. The van der Waals surface area contributed by atoms with Crippen LogP contribution in [0.3, 0.4) is 0 Å². The maximum absolute atomic E-state index is 5.83.